The highest BCUT2D eigenvalue weighted by molar-refractivity contribution is 7.22. The van der Waals surface area contributed by atoms with Crippen molar-refractivity contribution in [3.05, 3.63) is 23.8 Å². The molecule has 0 aromatic rings. The number of hydrogen-bond donors (Lipinski definition) is 0. The zero-order chi connectivity index (χ0) is 13.1. The molecule has 0 aromatic carbocycles. The molecule has 98 valence electrons. The average molecular weight is 271 g/mol. The Labute approximate surface area is 113 Å². The quantitative estimate of drug-likeness (QED) is 0.407. The highest BCUT2D eigenvalue weighted by Gasteiger charge is 2.49. The summed E-state index contributed by atoms with van der Waals surface area (Å²) in [6.45, 7) is 11.6. The van der Waals surface area contributed by atoms with Gasteiger partial charge in [0.2, 0.25) is 0 Å². The van der Waals surface area contributed by atoms with Gasteiger partial charge in [-0.3, -0.25) is 0 Å². The first-order valence-corrected chi connectivity index (χ1v) is 10.2. The molecule has 0 nitrogen and oxygen atoms in total. The van der Waals surface area contributed by atoms with Crippen molar-refractivity contribution in [1.82, 2.24) is 0 Å². The predicted molar refractivity (Wildman–Crippen MR) is 82.3 cm³/mol. The summed E-state index contributed by atoms with van der Waals surface area (Å²) in [7, 11) is -1.78. The first-order chi connectivity index (χ1) is 7.86. The third-order valence-corrected chi connectivity index (χ3v) is 13.0. The van der Waals surface area contributed by atoms with Crippen LogP contribution in [0.5, 0.6) is 0 Å². The molecule has 2 heteroatoms. The Kier molecular flexibility index (Phi) is 5.09. The van der Waals surface area contributed by atoms with Gasteiger partial charge in [0.05, 0.1) is 0 Å². The van der Waals surface area contributed by atoms with Gasteiger partial charge in [0.1, 0.15) is 0 Å². The van der Waals surface area contributed by atoms with E-state index >= 15 is 0 Å². The number of hydrogen-bond acceptors (Lipinski definition) is 0. The minimum atomic E-state index is -1.78. The van der Waals surface area contributed by atoms with Gasteiger partial charge in [0.15, 0.2) is 7.38 Å². The van der Waals surface area contributed by atoms with E-state index in [0.717, 1.165) is 6.42 Å². The Bertz CT molecular complexity index is 315. The van der Waals surface area contributed by atoms with Crippen LogP contribution in [-0.2, 0) is 0 Å². The standard InChI is InChI=1S/C15H27ClSi/c1-6-7-12-17(16,13(2)3)15(4,5)14-10-8-9-11-14/h8-10,13H,6-7,11-12H2,1-5H3. The normalized spacial score (nSPS) is 19.6. The summed E-state index contributed by atoms with van der Waals surface area (Å²) in [6, 6.07) is 1.24. The van der Waals surface area contributed by atoms with Crippen molar-refractivity contribution in [2.75, 3.05) is 0 Å². The molecule has 17 heavy (non-hydrogen) atoms. The van der Waals surface area contributed by atoms with Crippen molar-refractivity contribution < 1.29 is 0 Å². The molecule has 0 N–H and O–H groups in total. The highest BCUT2D eigenvalue weighted by atomic mass is 35.6. The van der Waals surface area contributed by atoms with Crippen LogP contribution >= 0.6 is 11.1 Å². The molecule has 0 aliphatic heterocycles. The molecule has 0 aromatic heterocycles. The fraction of sp³-hybridized carbons (Fsp3) is 0.733. The van der Waals surface area contributed by atoms with E-state index in [4.69, 9.17) is 11.1 Å². The Morgan fingerprint density at radius 3 is 2.47 bits per heavy atom. The largest absolute Gasteiger partial charge is 0.168 e. The summed E-state index contributed by atoms with van der Waals surface area (Å²) in [5.74, 6) is 0. The minimum Gasteiger partial charge on any atom is -0.166 e. The van der Waals surface area contributed by atoms with Crippen molar-refractivity contribution in [3.63, 3.8) is 0 Å². The lowest BCUT2D eigenvalue weighted by atomic mass is 10.0. The van der Waals surface area contributed by atoms with Crippen molar-refractivity contribution in [1.29, 1.82) is 0 Å². The van der Waals surface area contributed by atoms with E-state index in [0.29, 0.717) is 5.54 Å². The summed E-state index contributed by atoms with van der Waals surface area (Å²) in [6.07, 6.45) is 10.4. The Balaban J connectivity index is 2.96. The van der Waals surface area contributed by atoms with E-state index in [1.165, 1.54) is 18.9 Å². The molecule has 0 saturated heterocycles. The summed E-state index contributed by atoms with van der Waals surface area (Å²) in [4.78, 5) is 0. The molecule has 0 radical (unpaired) electrons. The lowest BCUT2D eigenvalue weighted by Gasteiger charge is -2.44. The van der Waals surface area contributed by atoms with Crippen LogP contribution in [0.2, 0.25) is 16.6 Å². The van der Waals surface area contributed by atoms with Gasteiger partial charge in [-0.2, -0.15) is 11.1 Å². The Hall–Kier alpha value is -0.0131. The molecule has 0 bridgehead atoms. The SMILES string of the molecule is CCCC[Si](Cl)(C(C)C)C(C)(C)C1=CC=CC1. The first-order valence-electron chi connectivity index (χ1n) is 6.91. The second-order valence-corrected chi connectivity index (χ2v) is 12.7. The molecule has 1 aliphatic carbocycles. The molecule has 1 rings (SSSR count). The maximum Gasteiger partial charge on any atom is 0.168 e. The van der Waals surface area contributed by atoms with Crippen molar-refractivity contribution in [2.24, 2.45) is 0 Å². The predicted octanol–water partition coefficient (Wildman–Crippen LogP) is 6.05. The highest BCUT2D eigenvalue weighted by Crippen LogP contribution is 2.55. The molecule has 0 amide bonds. The topological polar surface area (TPSA) is 0 Å². The fourth-order valence-corrected chi connectivity index (χ4v) is 7.93. The lowest BCUT2D eigenvalue weighted by molar-refractivity contribution is 0.702. The van der Waals surface area contributed by atoms with Crippen molar-refractivity contribution >= 4 is 18.5 Å². The van der Waals surface area contributed by atoms with Gasteiger partial charge in [-0.25, -0.2) is 0 Å². The van der Waals surface area contributed by atoms with E-state index in [-0.39, 0.29) is 5.04 Å². The molecule has 1 unspecified atom stereocenters. The lowest BCUT2D eigenvalue weighted by Crippen LogP contribution is -2.43. The molecular formula is C15H27ClSi. The van der Waals surface area contributed by atoms with Gasteiger partial charge < -0.3 is 0 Å². The second-order valence-electron chi connectivity index (χ2n) is 6.07. The second kappa shape index (κ2) is 5.75. The number of rotatable bonds is 6. The Morgan fingerprint density at radius 2 is 2.06 bits per heavy atom. The van der Waals surface area contributed by atoms with Crippen molar-refractivity contribution in [3.8, 4) is 0 Å². The zero-order valence-corrected chi connectivity index (χ0v) is 13.8. The van der Waals surface area contributed by atoms with E-state index in [1.54, 1.807) is 5.57 Å². The number of unbranched alkanes of at least 4 members (excludes halogenated alkanes) is 1. The molecular weight excluding hydrogens is 244 g/mol. The van der Waals surface area contributed by atoms with E-state index in [2.05, 4.69) is 52.8 Å². The fourth-order valence-electron chi connectivity index (χ4n) is 2.93. The van der Waals surface area contributed by atoms with Crippen LogP contribution in [0.25, 0.3) is 0 Å². The van der Waals surface area contributed by atoms with E-state index in [1.807, 2.05) is 0 Å². The minimum absolute atomic E-state index is 0.210. The summed E-state index contributed by atoms with van der Waals surface area (Å²) in [5, 5.41) is 0.210. The summed E-state index contributed by atoms with van der Waals surface area (Å²) in [5.41, 5.74) is 2.18. The van der Waals surface area contributed by atoms with Crippen molar-refractivity contribution in [2.45, 2.75) is 70.5 Å². The van der Waals surface area contributed by atoms with Crippen LogP contribution in [0.1, 0.15) is 53.9 Å². The maximum atomic E-state index is 7.19. The van der Waals surface area contributed by atoms with Gasteiger partial charge in [0.25, 0.3) is 0 Å². The smallest absolute Gasteiger partial charge is 0.166 e. The van der Waals surface area contributed by atoms with Crippen LogP contribution in [-0.4, -0.2) is 7.38 Å². The zero-order valence-electron chi connectivity index (χ0n) is 12.0. The van der Waals surface area contributed by atoms with Gasteiger partial charge in [-0.15, -0.1) is 0 Å². The maximum absolute atomic E-state index is 7.19. The number of halogens is 1. The van der Waals surface area contributed by atoms with Crippen LogP contribution in [0.4, 0.5) is 0 Å². The van der Waals surface area contributed by atoms with Crippen LogP contribution in [0, 0.1) is 0 Å². The molecule has 0 saturated carbocycles. The van der Waals surface area contributed by atoms with Gasteiger partial charge in [-0.05, 0) is 23.0 Å². The first kappa shape index (κ1) is 15.0. The van der Waals surface area contributed by atoms with Gasteiger partial charge in [0, 0.05) is 0 Å². The number of allylic oxidation sites excluding steroid dienone is 4. The van der Waals surface area contributed by atoms with Crippen LogP contribution < -0.4 is 0 Å². The van der Waals surface area contributed by atoms with Gasteiger partial charge >= 0.3 is 0 Å². The molecule has 0 spiro atoms. The third-order valence-electron chi connectivity index (χ3n) is 4.42. The van der Waals surface area contributed by atoms with Gasteiger partial charge in [-0.1, -0.05) is 71.3 Å². The van der Waals surface area contributed by atoms with E-state index < -0.39 is 7.38 Å². The van der Waals surface area contributed by atoms with Crippen LogP contribution in [0.15, 0.2) is 23.8 Å². The summed E-state index contributed by atoms with van der Waals surface area (Å²) < 4.78 is 0. The molecule has 1 atom stereocenters. The van der Waals surface area contributed by atoms with E-state index in [9.17, 15) is 0 Å². The monoisotopic (exact) mass is 270 g/mol. The Morgan fingerprint density at radius 1 is 1.41 bits per heavy atom. The molecule has 0 fully saturated rings. The summed E-state index contributed by atoms with van der Waals surface area (Å²) >= 11 is 7.19. The van der Waals surface area contributed by atoms with Crippen LogP contribution in [0.3, 0.4) is 0 Å². The third kappa shape index (κ3) is 2.87. The molecule has 0 heterocycles. The molecule has 1 aliphatic rings. The average Bonchev–Trinajstić information content (AvgIpc) is 2.79.